The molecule has 1 fully saturated rings. The number of aromatic amines is 1. The van der Waals surface area contributed by atoms with Gasteiger partial charge in [-0.25, -0.2) is 0 Å². The number of para-hydroxylation sites is 1. The molecule has 2 aromatic carbocycles. The molecule has 1 unspecified atom stereocenters. The highest BCUT2D eigenvalue weighted by Crippen LogP contribution is 2.25. The van der Waals surface area contributed by atoms with Crippen molar-refractivity contribution in [1.29, 1.82) is 0 Å². The molecular formula is C21H23N3O. The van der Waals surface area contributed by atoms with Gasteiger partial charge in [0.15, 0.2) is 0 Å². The van der Waals surface area contributed by atoms with Crippen molar-refractivity contribution in [3.8, 4) is 0 Å². The topological polar surface area (TPSA) is 56.9 Å². The van der Waals surface area contributed by atoms with Crippen LogP contribution in [0.2, 0.25) is 0 Å². The molecule has 0 bridgehead atoms. The molecule has 4 rings (SSSR count). The summed E-state index contributed by atoms with van der Waals surface area (Å²) in [6, 6.07) is 16.3. The van der Waals surface area contributed by atoms with E-state index in [-0.39, 0.29) is 5.91 Å². The Hall–Kier alpha value is -2.59. The van der Waals surface area contributed by atoms with Crippen molar-refractivity contribution in [3.05, 3.63) is 71.4 Å². The number of fused-ring (bicyclic) bond motifs is 1. The van der Waals surface area contributed by atoms with Crippen molar-refractivity contribution in [1.82, 2.24) is 15.6 Å². The van der Waals surface area contributed by atoms with Crippen molar-refractivity contribution in [2.75, 3.05) is 19.6 Å². The van der Waals surface area contributed by atoms with Crippen molar-refractivity contribution in [3.63, 3.8) is 0 Å². The Morgan fingerprint density at radius 1 is 1.12 bits per heavy atom. The summed E-state index contributed by atoms with van der Waals surface area (Å²) in [4.78, 5) is 16.0. The van der Waals surface area contributed by atoms with E-state index < -0.39 is 0 Å². The quantitative estimate of drug-likeness (QED) is 0.671. The summed E-state index contributed by atoms with van der Waals surface area (Å²) in [6.07, 6.45) is 3.96. The van der Waals surface area contributed by atoms with Gasteiger partial charge >= 0.3 is 0 Å². The van der Waals surface area contributed by atoms with E-state index >= 15 is 0 Å². The molecular weight excluding hydrogens is 310 g/mol. The van der Waals surface area contributed by atoms with Crippen LogP contribution >= 0.6 is 0 Å². The molecule has 25 heavy (non-hydrogen) atoms. The van der Waals surface area contributed by atoms with E-state index in [0.29, 0.717) is 12.5 Å². The first-order chi connectivity index (χ1) is 12.3. The van der Waals surface area contributed by atoms with Gasteiger partial charge in [-0.1, -0.05) is 36.4 Å². The minimum Gasteiger partial charge on any atom is -0.361 e. The van der Waals surface area contributed by atoms with E-state index in [1.165, 1.54) is 10.9 Å². The van der Waals surface area contributed by atoms with Crippen LogP contribution in [-0.2, 0) is 6.42 Å². The lowest BCUT2D eigenvalue weighted by Gasteiger charge is -2.14. The van der Waals surface area contributed by atoms with Gasteiger partial charge in [-0.15, -0.1) is 0 Å². The molecule has 1 amide bonds. The van der Waals surface area contributed by atoms with Crippen molar-refractivity contribution in [2.24, 2.45) is 0 Å². The molecule has 1 aromatic heterocycles. The van der Waals surface area contributed by atoms with E-state index in [9.17, 15) is 4.79 Å². The third kappa shape index (κ3) is 3.30. The normalized spacial score (nSPS) is 17.0. The summed E-state index contributed by atoms with van der Waals surface area (Å²) in [5.74, 6) is 0.470. The van der Waals surface area contributed by atoms with Gasteiger partial charge in [-0.2, -0.15) is 0 Å². The summed E-state index contributed by atoms with van der Waals surface area (Å²) < 4.78 is 0. The lowest BCUT2D eigenvalue weighted by Crippen LogP contribution is -2.27. The van der Waals surface area contributed by atoms with Crippen LogP contribution in [0, 0.1) is 0 Å². The summed E-state index contributed by atoms with van der Waals surface area (Å²) in [5.41, 5.74) is 4.36. The monoisotopic (exact) mass is 333 g/mol. The molecule has 0 spiro atoms. The van der Waals surface area contributed by atoms with Crippen LogP contribution in [0.3, 0.4) is 0 Å². The lowest BCUT2D eigenvalue weighted by atomic mass is 9.93. The zero-order valence-electron chi connectivity index (χ0n) is 14.2. The Morgan fingerprint density at radius 3 is 2.84 bits per heavy atom. The molecule has 0 saturated carbocycles. The first kappa shape index (κ1) is 15.9. The van der Waals surface area contributed by atoms with E-state index in [4.69, 9.17) is 0 Å². The minimum atomic E-state index is 0.0299. The molecule has 2 heterocycles. The summed E-state index contributed by atoms with van der Waals surface area (Å²) in [6.45, 7) is 2.62. The maximum atomic E-state index is 12.7. The summed E-state index contributed by atoms with van der Waals surface area (Å²) in [5, 5.41) is 7.70. The van der Waals surface area contributed by atoms with Crippen molar-refractivity contribution < 1.29 is 4.79 Å². The van der Waals surface area contributed by atoms with E-state index in [1.54, 1.807) is 0 Å². The number of carbonyl (C=O) groups excluding carboxylic acids is 1. The highest BCUT2D eigenvalue weighted by molar-refractivity contribution is 5.96. The first-order valence-electron chi connectivity index (χ1n) is 8.96. The predicted octanol–water partition coefficient (Wildman–Crippen LogP) is 3.22. The Kier molecular flexibility index (Phi) is 4.53. The molecule has 3 aromatic rings. The Morgan fingerprint density at radius 2 is 1.96 bits per heavy atom. The van der Waals surface area contributed by atoms with Crippen molar-refractivity contribution >= 4 is 16.8 Å². The molecule has 1 aliphatic heterocycles. The van der Waals surface area contributed by atoms with Crippen LogP contribution < -0.4 is 10.6 Å². The van der Waals surface area contributed by atoms with Gasteiger partial charge in [-0.05, 0) is 48.6 Å². The molecule has 0 radical (unpaired) electrons. The second-order valence-corrected chi connectivity index (χ2v) is 6.64. The number of rotatable bonds is 5. The predicted molar refractivity (Wildman–Crippen MR) is 101 cm³/mol. The number of amides is 1. The zero-order chi connectivity index (χ0) is 17.1. The SMILES string of the molecule is O=C(NCCc1c[nH]c2ccccc12)c1ccccc1C1CCNC1. The van der Waals surface area contributed by atoms with Gasteiger partial charge in [0.1, 0.15) is 0 Å². The highest BCUT2D eigenvalue weighted by Gasteiger charge is 2.21. The third-order valence-corrected chi connectivity index (χ3v) is 5.06. The van der Waals surface area contributed by atoms with Gasteiger partial charge in [0.2, 0.25) is 0 Å². The maximum absolute atomic E-state index is 12.7. The van der Waals surface area contributed by atoms with Crippen LogP contribution in [0.1, 0.15) is 33.8 Å². The largest absolute Gasteiger partial charge is 0.361 e. The van der Waals surface area contributed by atoms with E-state index in [2.05, 4.69) is 33.8 Å². The van der Waals surface area contributed by atoms with Crippen LogP contribution in [0.15, 0.2) is 54.7 Å². The van der Waals surface area contributed by atoms with Gasteiger partial charge in [0.25, 0.3) is 5.91 Å². The third-order valence-electron chi connectivity index (χ3n) is 5.06. The second-order valence-electron chi connectivity index (χ2n) is 6.64. The van der Waals surface area contributed by atoms with Gasteiger partial charge in [-0.3, -0.25) is 4.79 Å². The number of hydrogen-bond donors (Lipinski definition) is 3. The van der Waals surface area contributed by atoms with Crippen LogP contribution in [0.25, 0.3) is 10.9 Å². The molecule has 0 aliphatic carbocycles. The number of carbonyl (C=O) groups is 1. The average molecular weight is 333 g/mol. The molecule has 1 aliphatic rings. The van der Waals surface area contributed by atoms with Gasteiger partial charge < -0.3 is 15.6 Å². The van der Waals surface area contributed by atoms with Crippen LogP contribution in [0.4, 0.5) is 0 Å². The number of benzene rings is 2. The van der Waals surface area contributed by atoms with Gasteiger partial charge in [0, 0.05) is 35.8 Å². The standard InChI is InChI=1S/C21H23N3O/c25-21(19-7-2-1-5-17(19)15-9-11-22-13-15)23-12-10-16-14-24-20-8-4-3-6-18(16)20/h1-8,14-15,22,24H,9-13H2,(H,23,25). The fraction of sp³-hybridized carbons (Fsp3) is 0.286. The first-order valence-corrected chi connectivity index (χ1v) is 8.96. The fourth-order valence-corrected chi connectivity index (χ4v) is 3.72. The Balaban J connectivity index is 1.43. The average Bonchev–Trinajstić information content (AvgIpc) is 3.32. The smallest absolute Gasteiger partial charge is 0.251 e. The van der Waals surface area contributed by atoms with Crippen LogP contribution in [0.5, 0.6) is 0 Å². The molecule has 128 valence electrons. The molecule has 1 atom stereocenters. The van der Waals surface area contributed by atoms with Gasteiger partial charge in [0.05, 0.1) is 0 Å². The number of nitrogens with one attached hydrogen (secondary N) is 3. The van der Waals surface area contributed by atoms with Crippen molar-refractivity contribution in [2.45, 2.75) is 18.8 Å². The minimum absolute atomic E-state index is 0.0299. The summed E-state index contributed by atoms with van der Waals surface area (Å²) in [7, 11) is 0. The zero-order valence-corrected chi connectivity index (χ0v) is 14.2. The Labute approximate surface area is 147 Å². The maximum Gasteiger partial charge on any atom is 0.251 e. The van der Waals surface area contributed by atoms with E-state index in [0.717, 1.165) is 42.6 Å². The van der Waals surface area contributed by atoms with Crippen LogP contribution in [-0.4, -0.2) is 30.5 Å². The molecule has 3 N–H and O–H groups in total. The number of H-pyrrole nitrogens is 1. The molecule has 1 saturated heterocycles. The van der Waals surface area contributed by atoms with E-state index in [1.807, 2.05) is 36.5 Å². The number of hydrogen-bond acceptors (Lipinski definition) is 2. The summed E-state index contributed by atoms with van der Waals surface area (Å²) >= 11 is 0. The highest BCUT2D eigenvalue weighted by atomic mass is 16.1. The molecule has 4 heteroatoms. The second kappa shape index (κ2) is 7.11. The number of aromatic nitrogens is 1. The lowest BCUT2D eigenvalue weighted by molar-refractivity contribution is 0.0953. The fourth-order valence-electron chi connectivity index (χ4n) is 3.72. The Bertz CT molecular complexity index is 877. The molecule has 4 nitrogen and oxygen atoms in total.